The molecule has 4 nitrogen and oxygen atoms in total. The van der Waals surface area contributed by atoms with Crippen molar-refractivity contribution in [2.45, 2.75) is 44.4 Å². The number of methoxy groups -OCH3 is 1. The number of halogens is 1. The molecule has 2 fully saturated rings. The van der Waals surface area contributed by atoms with Crippen molar-refractivity contribution in [2.24, 2.45) is 0 Å². The Morgan fingerprint density at radius 1 is 1.45 bits per heavy atom. The van der Waals surface area contributed by atoms with Crippen LogP contribution in [0, 0.1) is 5.82 Å². The summed E-state index contributed by atoms with van der Waals surface area (Å²) in [6.45, 7) is 2.16. The summed E-state index contributed by atoms with van der Waals surface area (Å²) in [4.78, 5) is 6.25. The van der Waals surface area contributed by atoms with Gasteiger partial charge in [-0.15, -0.1) is 0 Å². The van der Waals surface area contributed by atoms with Crippen molar-refractivity contribution in [1.82, 2.24) is 10.3 Å². The lowest BCUT2D eigenvalue weighted by atomic mass is 10.1. The number of nitrogens with zero attached hydrogens (tertiary/aromatic N) is 2. The highest BCUT2D eigenvalue weighted by molar-refractivity contribution is 5.43. The number of nitrogens with one attached hydrogen (secondary N) is 1. The zero-order valence-corrected chi connectivity index (χ0v) is 11.9. The Bertz CT molecular complexity index is 464. The fraction of sp³-hybridized carbons (Fsp3) is 0.667. The van der Waals surface area contributed by atoms with Crippen LogP contribution in [-0.2, 0) is 11.3 Å². The molecule has 20 heavy (non-hydrogen) atoms. The third-order valence-electron chi connectivity index (χ3n) is 4.12. The Balaban J connectivity index is 1.72. The summed E-state index contributed by atoms with van der Waals surface area (Å²) < 4.78 is 20.0. The van der Waals surface area contributed by atoms with Crippen LogP contribution in [0.4, 0.5) is 10.2 Å². The molecule has 0 radical (unpaired) electrons. The van der Waals surface area contributed by atoms with E-state index in [1.54, 1.807) is 19.4 Å². The van der Waals surface area contributed by atoms with E-state index in [4.69, 9.17) is 4.74 Å². The maximum atomic E-state index is 14.6. The predicted octanol–water partition coefficient (Wildman–Crippen LogP) is 2.09. The molecule has 1 aliphatic carbocycles. The van der Waals surface area contributed by atoms with E-state index in [0.29, 0.717) is 24.0 Å². The molecule has 1 aromatic heterocycles. The SMILES string of the molecule is COC1CCCN(c2nccc(CNC3CC3)c2F)C1. The number of aromatic nitrogens is 1. The van der Waals surface area contributed by atoms with E-state index < -0.39 is 0 Å². The van der Waals surface area contributed by atoms with Crippen LogP contribution in [0.5, 0.6) is 0 Å². The van der Waals surface area contributed by atoms with Crippen LogP contribution in [0.1, 0.15) is 31.2 Å². The van der Waals surface area contributed by atoms with Gasteiger partial charge in [0.1, 0.15) is 0 Å². The molecule has 0 aromatic carbocycles. The molecule has 1 saturated carbocycles. The third-order valence-corrected chi connectivity index (χ3v) is 4.12. The summed E-state index contributed by atoms with van der Waals surface area (Å²) in [7, 11) is 1.72. The first kappa shape index (κ1) is 13.8. The van der Waals surface area contributed by atoms with Crippen molar-refractivity contribution in [1.29, 1.82) is 0 Å². The fourth-order valence-electron chi connectivity index (χ4n) is 2.69. The molecule has 1 N–H and O–H groups in total. The Kier molecular flexibility index (Phi) is 4.17. The first-order valence-electron chi connectivity index (χ1n) is 7.42. The largest absolute Gasteiger partial charge is 0.380 e. The number of hydrogen-bond acceptors (Lipinski definition) is 4. The number of anilines is 1. The fourth-order valence-corrected chi connectivity index (χ4v) is 2.69. The van der Waals surface area contributed by atoms with Crippen LogP contribution in [0.25, 0.3) is 0 Å². The molecule has 3 rings (SSSR count). The Morgan fingerprint density at radius 2 is 2.30 bits per heavy atom. The molecule has 1 aromatic rings. The smallest absolute Gasteiger partial charge is 0.170 e. The van der Waals surface area contributed by atoms with Crippen molar-refractivity contribution >= 4 is 5.82 Å². The van der Waals surface area contributed by atoms with E-state index in [-0.39, 0.29) is 11.9 Å². The number of pyridine rings is 1. The highest BCUT2D eigenvalue weighted by atomic mass is 19.1. The van der Waals surface area contributed by atoms with Gasteiger partial charge in [-0.05, 0) is 31.7 Å². The molecule has 5 heteroatoms. The Morgan fingerprint density at radius 3 is 3.05 bits per heavy atom. The summed E-state index contributed by atoms with van der Waals surface area (Å²) in [5.74, 6) is 0.291. The van der Waals surface area contributed by atoms with Crippen LogP contribution in [0.3, 0.4) is 0 Å². The second kappa shape index (κ2) is 6.06. The summed E-state index contributed by atoms with van der Waals surface area (Å²) in [6.07, 6.45) is 6.36. The molecule has 1 atom stereocenters. The third kappa shape index (κ3) is 3.10. The molecule has 110 valence electrons. The molecule has 2 heterocycles. The summed E-state index contributed by atoms with van der Waals surface area (Å²) in [5, 5.41) is 3.35. The summed E-state index contributed by atoms with van der Waals surface area (Å²) in [6, 6.07) is 2.35. The minimum atomic E-state index is -0.183. The standard InChI is InChI=1S/C15H22FN3O/c1-20-13-3-2-8-19(10-13)15-14(16)11(6-7-17-15)9-18-12-4-5-12/h6-7,12-13,18H,2-5,8-10H2,1H3. The zero-order chi connectivity index (χ0) is 13.9. The van der Waals surface area contributed by atoms with Crippen molar-refractivity contribution in [3.63, 3.8) is 0 Å². The summed E-state index contributed by atoms with van der Waals surface area (Å²) in [5.41, 5.74) is 0.710. The van der Waals surface area contributed by atoms with Gasteiger partial charge < -0.3 is 15.0 Å². The van der Waals surface area contributed by atoms with Gasteiger partial charge in [0.25, 0.3) is 0 Å². The quantitative estimate of drug-likeness (QED) is 0.895. The molecule has 1 aliphatic heterocycles. The molecule has 0 amide bonds. The zero-order valence-electron chi connectivity index (χ0n) is 11.9. The van der Waals surface area contributed by atoms with Gasteiger partial charge >= 0.3 is 0 Å². The van der Waals surface area contributed by atoms with Crippen molar-refractivity contribution < 1.29 is 9.13 Å². The highest BCUT2D eigenvalue weighted by Crippen LogP contribution is 2.25. The lowest BCUT2D eigenvalue weighted by Gasteiger charge is -2.33. The van der Waals surface area contributed by atoms with E-state index in [0.717, 1.165) is 25.9 Å². The van der Waals surface area contributed by atoms with Crippen molar-refractivity contribution in [2.75, 3.05) is 25.1 Å². The molecule has 0 spiro atoms. The lowest BCUT2D eigenvalue weighted by molar-refractivity contribution is 0.0889. The van der Waals surface area contributed by atoms with Crippen LogP contribution < -0.4 is 10.2 Å². The van der Waals surface area contributed by atoms with E-state index in [2.05, 4.69) is 10.3 Å². The van der Waals surface area contributed by atoms with Gasteiger partial charge in [0.2, 0.25) is 0 Å². The van der Waals surface area contributed by atoms with Crippen molar-refractivity contribution in [3.8, 4) is 0 Å². The van der Waals surface area contributed by atoms with Gasteiger partial charge in [-0.3, -0.25) is 0 Å². The van der Waals surface area contributed by atoms with E-state index in [1.165, 1.54) is 12.8 Å². The average molecular weight is 279 g/mol. The minimum absolute atomic E-state index is 0.179. The highest BCUT2D eigenvalue weighted by Gasteiger charge is 2.25. The minimum Gasteiger partial charge on any atom is -0.380 e. The topological polar surface area (TPSA) is 37.4 Å². The average Bonchev–Trinajstić information content (AvgIpc) is 3.30. The van der Waals surface area contributed by atoms with Gasteiger partial charge in [-0.25, -0.2) is 9.37 Å². The van der Waals surface area contributed by atoms with E-state index >= 15 is 0 Å². The van der Waals surface area contributed by atoms with Crippen LogP contribution in [-0.4, -0.2) is 37.3 Å². The number of ether oxygens (including phenoxy) is 1. The van der Waals surface area contributed by atoms with E-state index in [9.17, 15) is 4.39 Å². The molecule has 1 unspecified atom stereocenters. The van der Waals surface area contributed by atoms with Crippen LogP contribution in [0.2, 0.25) is 0 Å². The monoisotopic (exact) mass is 279 g/mol. The van der Waals surface area contributed by atoms with Crippen LogP contribution >= 0.6 is 0 Å². The predicted molar refractivity (Wildman–Crippen MR) is 76.3 cm³/mol. The first-order chi connectivity index (χ1) is 9.78. The Labute approximate surface area is 119 Å². The van der Waals surface area contributed by atoms with Gasteiger partial charge in [0.05, 0.1) is 6.10 Å². The molecule has 2 aliphatic rings. The first-order valence-corrected chi connectivity index (χ1v) is 7.42. The molecule has 1 saturated heterocycles. The van der Waals surface area contributed by atoms with Gasteiger partial charge in [0, 0.05) is 44.5 Å². The van der Waals surface area contributed by atoms with Crippen molar-refractivity contribution in [3.05, 3.63) is 23.6 Å². The summed E-state index contributed by atoms with van der Waals surface area (Å²) >= 11 is 0. The number of hydrogen-bond donors (Lipinski definition) is 1. The molecule has 0 bridgehead atoms. The number of piperidine rings is 1. The van der Waals surface area contributed by atoms with Gasteiger partial charge in [-0.1, -0.05) is 0 Å². The second-order valence-electron chi connectivity index (χ2n) is 5.71. The Hall–Kier alpha value is -1.20. The van der Waals surface area contributed by atoms with Crippen LogP contribution in [0.15, 0.2) is 12.3 Å². The second-order valence-corrected chi connectivity index (χ2v) is 5.71. The molecular formula is C15H22FN3O. The lowest BCUT2D eigenvalue weighted by Crippen LogP contribution is -2.40. The van der Waals surface area contributed by atoms with Gasteiger partial charge in [-0.2, -0.15) is 0 Å². The maximum absolute atomic E-state index is 14.6. The maximum Gasteiger partial charge on any atom is 0.170 e. The normalized spacial score (nSPS) is 23.1. The van der Waals surface area contributed by atoms with Gasteiger partial charge in [0.15, 0.2) is 11.6 Å². The van der Waals surface area contributed by atoms with E-state index in [1.807, 2.05) is 4.90 Å². The number of rotatable bonds is 5. The molecular weight excluding hydrogens is 257 g/mol.